The number of aromatic nitrogens is 1. The van der Waals surface area contributed by atoms with Gasteiger partial charge in [-0.2, -0.15) is 0 Å². The van der Waals surface area contributed by atoms with Crippen LogP contribution in [0.15, 0.2) is 87.7 Å². The molecule has 6 rings (SSSR count). The van der Waals surface area contributed by atoms with Crippen LogP contribution in [0.4, 0.5) is 10.1 Å². The van der Waals surface area contributed by atoms with E-state index in [-0.39, 0.29) is 22.8 Å². The summed E-state index contributed by atoms with van der Waals surface area (Å²) >= 11 is 0. The Morgan fingerprint density at radius 2 is 1.70 bits per heavy atom. The van der Waals surface area contributed by atoms with E-state index >= 15 is 0 Å². The van der Waals surface area contributed by atoms with Gasteiger partial charge in [-0.25, -0.2) is 17.8 Å². The Morgan fingerprint density at radius 3 is 2.37 bits per heavy atom. The minimum Gasteiger partial charge on any atom is -0.481 e. The maximum absolute atomic E-state index is 13.7. The fourth-order valence-electron chi connectivity index (χ4n) is 4.96. The number of methoxy groups -OCH3 is 1. The maximum atomic E-state index is 13.7. The molecule has 0 bridgehead atoms. The molecule has 3 aromatic carbocycles. The Labute approximate surface area is 246 Å². The lowest BCUT2D eigenvalue weighted by Gasteiger charge is -2.21. The van der Waals surface area contributed by atoms with Crippen molar-refractivity contribution < 1.29 is 31.2 Å². The number of rotatable bonds is 7. The molecule has 3 heterocycles. The largest absolute Gasteiger partial charge is 0.481 e. The molecular weight excluding hydrogens is 573 g/mol. The lowest BCUT2D eigenvalue weighted by Crippen LogP contribution is -2.25. The zero-order valence-electron chi connectivity index (χ0n) is 23.6. The summed E-state index contributed by atoms with van der Waals surface area (Å²) in [6, 6.07) is 21.7. The number of anilines is 1. The van der Waals surface area contributed by atoms with E-state index in [9.17, 15) is 17.6 Å². The van der Waals surface area contributed by atoms with Gasteiger partial charge in [0.05, 0.1) is 24.6 Å². The molecule has 0 atom stereocenters. The number of nitrogens with one attached hydrogen (secondary N) is 1. The molecule has 0 unspecified atom stereocenters. The zero-order chi connectivity index (χ0) is 30.5. The van der Waals surface area contributed by atoms with Gasteiger partial charge in [-0.05, 0) is 54.1 Å². The number of para-hydroxylation sites is 1. The fourth-order valence-corrected chi connectivity index (χ4v) is 5.47. The second kappa shape index (κ2) is 10.6. The van der Waals surface area contributed by atoms with Crippen molar-refractivity contribution in [2.24, 2.45) is 0 Å². The van der Waals surface area contributed by atoms with Crippen LogP contribution in [0.3, 0.4) is 0 Å². The van der Waals surface area contributed by atoms with Crippen LogP contribution in [-0.2, 0) is 10.0 Å². The highest BCUT2D eigenvalue weighted by molar-refractivity contribution is 7.92. The van der Waals surface area contributed by atoms with Gasteiger partial charge in [0.2, 0.25) is 15.9 Å². The highest BCUT2D eigenvalue weighted by atomic mass is 32.2. The quantitative estimate of drug-likeness (QED) is 0.223. The Balaban J connectivity index is 1.64. The smallest absolute Gasteiger partial charge is 0.255 e. The molecule has 6 aromatic rings. The second-order valence-corrected chi connectivity index (χ2v) is 11.9. The standard InChI is InChI=1S/C32H26FN3O6S/c1-34-32(37)30-23-16-22(20-13-24(35-29(15-20)40-3)28-14-19-7-5-6-8-26(19)41-28)25(36(2)43(4,38)39)17-27(23)42-31(30)18-9-11-21(33)12-10-18/h5-17H,1-4H3,(H,34,37). The van der Waals surface area contributed by atoms with Gasteiger partial charge in [0.1, 0.15) is 28.4 Å². The SMILES string of the molecule is CNC(=O)c1c(-c2ccc(F)cc2)oc2cc(N(C)S(C)(=O)=O)c(-c3cc(OC)nc(-c4cc5ccccc5o4)c3)cc12. The van der Waals surface area contributed by atoms with Crippen LogP contribution in [0.25, 0.3) is 55.8 Å². The van der Waals surface area contributed by atoms with Gasteiger partial charge in [0, 0.05) is 48.1 Å². The van der Waals surface area contributed by atoms with Crippen molar-refractivity contribution in [1.82, 2.24) is 10.3 Å². The maximum Gasteiger partial charge on any atom is 0.255 e. The van der Waals surface area contributed by atoms with Gasteiger partial charge in [0.25, 0.3) is 5.91 Å². The number of carbonyl (C=O) groups is 1. The van der Waals surface area contributed by atoms with Gasteiger partial charge in [-0.15, -0.1) is 0 Å². The third-order valence-corrected chi connectivity index (χ3v) is 8.40. The summed E-state index contributed by atoms with van der Waals surface area (Å²) in [5, 5.41) is 3.97. The Kier molecular flexibility index (Phi) is 6.89. The van der Waals surface area contributed by atoms with E-state index in [1.54, 1.807) is 24.3 Å². The van der Waals surface area contributed by atoms with E-state index in [1.807, 2.05) is 30.3 Å². The number of hydrogen-bond acceptors (Lipinski definition) is 7. The Morgan fingerprint density at radius 1 is 0.953 bits per heavy atom. The van der Waals surface area contributed by atoms with E-state index < -0.39 is 21.7 Å². The summed E-state index contributed by atoms with van der Waals surface area (Å²) < 4.78 is 58.1. The number of pyridine rings is 1. The molecule has 0 radical (unpaired) electrons. The first kappa shape index (κ1) is 28.0. The predicted octanol–water partition coefficient (Wildman–Crippen LogP) is 6.48. The van der Waals surface area contributed by atoms with Crippen molar-refractivity contribution in [3.8, 4) is 39.8 Å². The van der Waals surface area contributed by atoms with Gasteiger partial charge < -0.3 is 18.9 Å². The van der Waals surface area contributed by atoms with Crippen molar-refractivity contribution in [3.63, 3.8) is 0 Å². The third-order valence-electron chi connectivity index (χ3n) is 7.20. The van der Waals surface area contributed by atoms with E-state index in [4.69, 9.17) is 13.6 Å². The van der Waals surface area contributed by atoms with Crippen molar-refractivity contribution >= 4 is 43.6 Å². The Hall–Kier alpha value is -5.16. The molecule has 0 aliphatic rings. The molecule has 3 aromatic heterocycles. The number of ether oxygens (including phenoxy) is 1. The van der Waals surface area contributed by atoms with E-state index in [0.717, 1.165) is 15.9 Å². The number of halogens is 1. The van der Waals surface area contributed by atoms with Crippen molar-refractivity contribution in [3.05, 3.63) is 90.2 Å². The molecule has 43 heavy (non-hydrogen) atoms. The topological polar surface area (TPSA) is 115 Å². The number of carbonyl (C=O) groups excluding carboxylic acids is 1. The van der Waals surface area contributed by atoms with Crippen molar-refractivity contribution in [2.75, 3.05) is 31.8 Å². The molecule has 0 aliphatic carbocycles. The summed E-state index contributed by atoms with van der Waals surface area (Å²) in [6.07, 6.45) is 1.09. The zero-order valence-corrected chi connectivity index (χ0v) is 24.5. The molecule has 11 heteroatoms. The second-order valence-electron chi connectivity index (χ2n) is 9.92. The third kappa shape index (κ3) is 5.08. The number of benzene rings is 3. The molecule has 9 nitrogen and oxygen atoms in total. The van der Waals surface area contributed by atoms with E-state index in [2.05, 4.69) is 10.3 Å². The van der Waals surface area contributed by atoms with Crippen LogP contribution < -0.4 is 14.4 Å². The van der Waals surface area contributed by atoms with Crippen LogP contribution in [-0.4, -0.2) is 46.8 Å². The van der Waals surface area contributed by atoms with Crippen LogP contribution in [0, 0.1) is 5.82 Å². The number of hydrogen-bond donors (Lipinski definition) is 1. The summed E-state index contributed by atoms with van der Waals surface area (Å²) in [7, 11) is 0.684. The molecule has 0 saturated heterocycles. The lowest BCUT2D eigenvalue weighted by atomic mass is 9.98. The average molecular weight is 600 g/mol. The normalized spacial score (nSPS) is 11.7. The summed E-state index contributed by atoms with van der Waals surface area (Å²) in [6.45, 7) is 0. The summed E-state index contributed by atoms with van der Waals surface area (Å²) in [5.74, 6) is 0.117. The number of amides is 1. The molecule has 0 spiro atoms. The van der Waals surface area contributed by atoms with Gasteiger partial charge in [0.15, 0.2) is 5.76 Å². The van der Waals surface area contributed by atoms with Crippen LogP contribution in [0.2, 0.25) is 0 Å². The van der Waals surface area contributed by atoms with Crippen molar-refractivity contribution in [1.29, 1.82) is 0 Å². The minimum atomic E-state index is -3.73. The number of nitrogens with zero attached hydrogens (tertiary/aromatic N) is 2. The molecule has 1 N–H and O–H groups in total. The predicted molar refractivity (Wildman–Crippen MR) is 163 cm³/mol. The first-order chi connectivity index (χ1) is 20.6. The molecule has 0 saturated carbocycles. The number of fused-ring (bicyclic) bond motifs is 2. The first-order valence-corrected chi connectivity index (χ1v) is 15.0. The van der Waals surface area contributed by atoms with Crippen LogP contribution in [0.1, 0.15) is 10.4 Å². The van der Waals surface area contributed by atoms with Crippen LogP contribution in [0.5, 0.6) is 5.88 Å². The highest BCUT2D eigenvalue weighted by Crippen LogP contribution is 2.42. The minimum absolute atomic E-state index is 0.217. The van der Waals surface area contributed by atoms with Gasteiger partial charge in [-0.3, -0.25) is 9.10 Å². The van der Waals surface area contributed by atoms with Crippen LogP contribution >= 0.6 is 0 Å². The first-order valence-electron chi connectivity index (χ1n) is 13.1. The van der Waals surface area contributed by atoms with E-state index in [0.29, 0.717) is 44.8 Å². The lowest BCUT2D eigenvalue weighted by molar-refractivity contribution is 0.0964. The van der Waals surface area contributed by atoms with E-state index in [1.165, 1.54) is 45.5 Å². The monoisotopic (exact) mass is 599 g/mol. The number of sulfonamides is 1. The van der Waals surface area contributed by atoms with Crippen molar-refractivity contribution in [2.45, 2.75) is 0 Å². The summed E-state index contributed by atoms with van der Waals surface area (Å²) in [5.41, 5.74) is 3.43. The molecule has 218 valence electrons. The van der Waals surface area contributed by atoms with Gasteiger partial charge >= 0.3 is 0 Å². The van der Waals surface area contributed by atoms with Gasteiger partial charge in [-0.1, -0.05) is 18.2 Å². The number of furan rings is 2. The highest BCUT2D eigenvalue weighted by Gasteiger charge is 2.26. The summed E-state index contributed by atoms with van der Waals surface area (Å²) in [4.78, 5) is 17.8. The Bertz CT molecular complexity index is 2100. The molecule has 0 aliphatic heterocycles. The molecular formula is C32H26FN3O6S. The fraction of sp³-hybridized carbons (Fsp3) is 0.125. The molecule has 1 amide bonds. The molecule has 0 fully saturated rings. The average Bonchev–Trinajstić information content (AvgIpc) is 3.61.